The Kier molecular flexibility index (Phi) is 6.43. The fraction of sp³-hybridized carbons (Fsp3) is 0.133. The van der Waals surface area contributed by atoms with Crippen LogP contribution >= 0.6 is 0 Å². The number of nitrogens with zero attached hydrogens (tertiary/aromatic N) is 3. The molecule has 6 rings (SSSR count). The highest BCUT2D eigenvalue weighted by molar-refractivity contribution is 6.16. The number of ether oxygens (including phenoxy) is 1. The summed E-state index contributed by atoms with van der Waals surface area (Å²) in [7, 11) is 0. The Balaban J connectivity index is 1.12. The Morgan fingerprint density at radius 1 is 0.900 bits per heavy atom. The van der Waals surface area contributed by atoms with Gasteiger partial charge >= 0.3 is 0 Å². The molecule has 8 nitrogen and oxygen atoms in total. The van der Waals surface area contributed by atoms with E-state index in [2.05, 4.69) is 20.7 Å². The first-order valence-electron chi connectivity index (χ1n) is 12.6. The molecule has 0 atom stereocenters. The van der Waals surface area contributed by atoms with Gasteiger partial charge in [0.25, 0.3) is 0 Å². The number of rotatable bonds is 8. The van der Waals surface area contributed by atoms with Crippen molar-refractivity contribution in [3.05, 3.63) is 97.1 Å². The molecule has 0 saturated heterocycles. The molecule has 40 heavy (non-hydrogen) atoms. The molecule has 0 radical (unpaired) electrons. The zero-order chi connectivity index (χ0) is 27.7. The molecule has 10 heteroatoms. The van der Waals surface area contributed by atoms with Gasteiger partial charge in [-0.25, -0.2) is 13.5 Å². The maximum Gasteiger partial charge on any atom is 0.240 e. The molecular formula is C30H23F2N5O3. The van der Waals surface area contributed by atoms with Crippen LogP contribution in [0.1, 0.15) is 12.8 Å². The topological polar surface area (TPSA) is 98.1 Å². The van der Waals surface area contributed by atoms with E-state index in [1.807, 2.05) is 18.2 Å². The predicted molar refractivity (Wildman–Crippen MR) is 146 cm³/mol. The van der Waals surface area contributed by atoms with Crippen molar-refractivity contribution in [3.63, 3.8) is 0 Å². The van der Waals surface area contributed by atoms with Crippen molar-refractivity contribution in [2.24, 2.45) is 5.41 Å². The fourth-order valence-corrected chi connectivity index (χ4v) is 4.40. The molecule has 1 fully saturated rings. The Labute approximate surface area is 227 Å². The number of anilines is 2. The zero-order valence-corrected chi connectivity index (χ0v) is 21.1. The van der Waals surface area contributed by atoms with Crippen LogP contribution in [-0.2, 0) is 16.4 Å². The number of hydrogen-bond donors (Lipinski definition) is 2. The van der Waals surface area contributed by atoms with Crippen LogP contribution in [0.2, 0.25) is 0 Å². The van der Waals surface area contributed by atoms with E-state index in [-0.39, 0.29) is 0 Å². The number of fused-ring (bicyclic) bond motifs is 1. The first kappa shape index (κ1) is 25.2. The fourth-order valence-electron chi connectivity index (χ4n) is 4.40. The number of carbonyl (C=O) groups excluding carboxylic acids is 2. The second-order valence-corrected chi connectivity index (χ2v) is 9.52. The van der Waals surface area contributed by atoms with E-state index >= 15 is 0 Å². The molecule has 200 valence electrons. The molecule has 2 aromatic heterocycles. The molecule has 1 saturated carbocycles. The molecular weight excluding hydrogens is 516 g/mol. The number of aromatic nitrogens is 3. The van der Waals surface area contributed by atoms with Crippen molar-refractivity contribution in [1.82, 2.24) is 14.8 Å². The maximum atomic E-state index is 13.1. The molecule has 2 amide bonds. The number of carbonyl (C=O) groups is 2. The van der Waals surface area contributed by atoms with Crippen molar-refractivity contribution in [2.75, 3.05) is 10.6 Å². The van der Waals surface area contributed by atoms with E-state index in [0.29, 0.717) is 46.9 Å². The molecule has 0 unspecified atom stereocenters. The van der Waals surface area contributed by atoms with Crippen LogP contribution in [0.25, 0.3) is 22.2 Å². The minimum absolute atomic E-state index is 0.395. The highest BCUT2D eigenvalue weighted by Crippen LogP contribution is 2.47. The van der Waals surface area contributed by atoms with Crippen LogP contribution in [0, 0.1) is 11.2 Å². The Bertz CT molecular complexity index is 1710. The Morgan fingerprint density at radius 2 is 1.57 bits per heavy atom. The lowest BCUT2D eigenvalue weighted by Crippen LogP contribution is -2.35. The summed E-state index contributed by atoms with van der Waals surface area (Å²) >= 11 is 0. The quantitative estimate of drug-likeness (QED) is 0.225. The minimum Gasteiger partial charge on any atom is -0.457 e. The van der Waals surface area contributed by atoms with Gasteiger partial charge in [0.2, 0.25) is 11.8 Å². The number of halogens is 2. The van der Waals surface area contributed by atoms with Crippen LogP contribution in [0.3, 0.4) is 0 Å². The van der Waals surface area contributed by atoms with Crippen molar-refractivity contribution in [1.29, 1.82) is 0 Å². The average Bonchev–Trinajstić information content (AvgIpc) is 3.66. The van der Waals surface area contributed by atoms with E-state index in [0.717, 1.165) is 10.9 Å². The normalized spacial score (nSPS) is 13.6. The van der Waals surface area contributed by atoms with Gasteiger partial charge in [-0.05, 0) is 85.6 Å². The summed E-state index contributed by atoms with van der Waals surface area (Å²) in [6.45, 7) is -0.694. The number of hydrogen-bond acceptors (Lipinski definition) is 5. The first-order valence-corrected chi connectivity index (χ1v) is 12.6. The second-order valence-electron chi connectivity index (χ2n) is 9.52. The van der Waals surface area contributed by atoms with Crippen molar-refractivity contribution in [3.8, 4) is 22.8 Å². The number of pyridine rings is 1. The van der Waals surface area contributed by atoms with E-state index in [1.54, 1.807) is 48.8 Å². The zero-order valence-electron chi connectivity index (χ0n) is 21.1. The van der Waals surface area contributed by atoms with Gasteiger partial charge < -0.3 is 15.4 Å². The number of nitrogens with one attached hydrogen (secondary N) is 2. The summed E-state index contributed by atoms with van der Waals surface area (Å²) < 4.78 is 33.3. The van der Waals surface area contributed by atoms with E-state index < -0.39 is 29.8 Å². The molecule has 5 aromatic rings. The van der Waals surface area contributed by atoms with E-state index in [1.165, 1.54) is 28.9 Å². The summed E-state index contributed by atoms with van der Waals surface area (Å²) in [6.07, 6.45) is 4.08. The molecule has 0 spiro atoms. The van der Waals surface area contributed by atoms with Gasteiger partial charge in [-0.1, -0.05) is 6.07 Å². The average molecular weight is 540 g/mol. The summed E-state index contributed by atoms with van der Waals surface area (Å²) in [6, 6.07) is 21.4. The summed E-state index contributed by atoms with van der Waals surface area (Å²) in [4.78, 5) is 30.2. The van der Waals surface area contributed by atoms with Gasteiger partial charge in [-0.2, -0.15) is 5.10 Å². The van der Waals surface area contributed by atoms with Gasteiger partial charge in [0, 0.05) is 34.7 Å². The van der Waals surface area contributed by atoms with E-state index in [9.17, 15) is 18.4 Å². The molecule has 1 aliphatic rings. The minimum atomic E-state index is -1.15. The van der Waals surface area contributed by atoms with Gasteiger partial charge in [0.1, 0.15) is 22.7 Å². The Morgan fingerprint density at radius 3 is 2.20 bits per heavy atom. The molecule has 2 N–H and O–H groups in total. The predicted octanol–water partition coefficient (Wildman–Crippen LogP) is 6.31. The van der Waals surface area contributed by atoms with Crippen molar-refractivity contribution >= 4 is 34.1 Å². The monoisotopic (exact) mass is 539 g/mol. The van der Waals surface area contributed by atoms with Crippen molar-refractivity contribution < 1.29 is 23.1 Å². The number of alkyl halides is 1. The van der Waals surface area contributed by atoms with Crippen LogP contribution in [0.15, 0.2) is 91.3 Å². The Hall–Kier alpha value is -5.12. The van der Waals surface area contributed by atoms with Crippen LogP contribution < -0.4 is 15.4 Å². The highest BCUT2D eigenvalue weighted by Gasteiger charge is 2.56. The van der Waals surface area contributed by atoms with Crippen LogP contribution in [0.4, 0.5) is 20.2 Å². The third-order valence-electron chi connectivity index (χ3n) is 6.82. The van der Waals surface area contributed by atoms with Gasteiger partial charge in [-0.15, -0.1) is 0 Å². The maximum absolute atomic E-state index is 13.1. The van der Waals surface area contributed by atoms with Crippen LogP contribution in [-0.4, -0.2) is 26.6 Å². The summed E-state index contributed by atoms with van der Waals surface area (Å²) in [5.74, 6) is -0.0769. The molecule has 3 aromatic carbocycles. The largest absolute Gasteiger partial charge is 0.457 e. The molecule has 0 bridgehead atoms. The SMILES string of the molecule is O=C(Nc1ccc(F)cc1)C1(C(=O)Nc2ccc(Oc3ccnc4cc(-c5ccn(CF)n5)ccc34)cc2)CC1. The summed E-state index contributed by atoms with van der Waals surface area (Å²) in [5, 5.41) is 10.5. The number of amides is 2. The molecule has 2 heterocycles. The lowest BCUT2D eigenvalue weighted by atomic mass is 10.0. The van der Waals surface area contributed by atoms with Gasteiger partial charge in [-0.3, -0.25) is 14.6 Å². The first-order chi connectivity index (χ1) is 19.4. The second kappa shape index (κ2) is 10.2. The van der Waals surface area contributed by atoms with Crippen molar-refractivity contribution in [2.45, 2.75) is 19.6 Å². The third kappa shape index (κ3) is 4.98. The lowest BCUT2D eigenvalue weighted by Gasteiger charge is -2.16. The lowest BCUT2D eigenvalue weighted by molar-refractivity contribution is -0.131. The number of benzene rings is 3. The third-order valence-corrected chi connectivity index (χ3v) is 6.82. The van der Waals surface area contributed by atoms with Gasteiger partial charge in [0.15, 0.2) is 6.80 Å². The molecule has 0 aliphatic heterocycles. The summed E-state index contributed by atoms with van der Waals surface area (Å²) in [5.41, 5.74) is 1.95. The smallest absolute Gasteiger partial charge is 0.240 e. The van der Waals surface area contributed by atoms with E-state index in [4.69, 9.17) is 4.74 Å². The van der Waals surface area contributed by atoms with Crippen LogP contribution in [0.5, 0.6) is 11.5 Å². The molecule has 1 aliphatic carbocycles. The van der Waals surface area contributed by atoms with Gasteiger partial charge in [0.05, 0.1) is 11.2 Å². The standard InChI is InChI=1S/C30H23F2N5O3/c31-18-37-16-12-25(36-37)19-1-10-24-26(17-19)33-15-11-27(24)40-23-8-6-22(7-9-23)35-29(39)30(13-14-30)28(38)34-21-4-2-20(32)3-5-21/h1-12,15-17H,13-14,18H2,(H,34,38)(H,35,39). The highest BCUT2D eigenvalue weighted by atomic mass is 19.1.